The summed E-state index contributed by atoms with van der Waals surface area (Å²) in [6, 6.07) is 21.6. The van der Waals surface area contributed by atoms with Crippen LogP contribution in [0, 0.1) is 0 Å². The zero-order chi connectivity index (χ0) is 24.3. The summed E-state index contributed by atoms with van der Waals surface area (Å²) in [6.07, 6.45) is 0.405. The van der Waals surface area contributed by atoms with Crippen molar-refractivity contribution in [2.45, 2.75) is 50.7 Å². The summed E-state index contributed by atoms with van der Waals surface area (Å²) in [5.41, 5.74) is 1.81. The Hall–Kier alpha value is -3.64. The standard InChI is InChI=1S/C28H29NO5/c1-27(2,21-8-4-3-5-9-21)18-28(33,15-19-7-6-10-23(30)13-19)16-25(31)29-22-11-12-24-20(14-22)17-34-26(24)32/h3-14,30,33H,15-18H2,1-2H3,(H,29,31). The SMILES string of the molecule is CC(C)(CC(O)(CC(=O)Nc1ccc2c(c1)COC2=O)Cc1cccc(O)c1)c1ccccc1. The van der Waals surface area contributed by atoms with Crippen LogP contribution < -0.4 is 5.32 Å². The second-order valence-corrected chi connectivity index (χ2v) is 9.67. The van der Waals surface area contributed by atoms with Crippen LogP contribution in [0.2, 0.25) is 0 Å². The first kappa shape index (κ1) is 23.5. The Morgan fingerprint density at radius 3 is 2.53 bits per heavy atom. The van der Waals surface area contributed by atoms with Gasteiger partial charge in [-0.2, -0.15) is 0 Å². The predicted octanol–water partition coefficient (Wildman–Crippen LogP) is 4.73. The maximum absolute atomic E-state index is 13.1. The maximum Gasteiger partial charge on any atom is 0.338 e. The van der Waals surface area contributed by atoms with Gasteiger partial charge in [0.2, 0.25) is 5.91 Å². The van der Waals surface area contributed by atoms with E-state index in [9.17, 15) is 19.8 Å². The third-order valence-electron chi connectivity index (χ3n) is 6.23. The monoisotopic (exact) mass is 459 g/mol. The molecule has 3 aromatic rings. The number of amides is 1. The number of anilines is 1. The highest BCUT2D eigenvalue weighted by Crippen LogP contribution is 2.36. The van der Waals surface area contributed by atoms with Crippen molar-refractivity contribution in [3.8, 4) is 5.75 Å². The zero-order valence-electron chi connectivity index (χ0n) is 19.4. The molecule has 4 rings (SSSR count). The van der Waals surface area contributed by atoms with E-state index in [-0.39, 0.29) is 37.1 Å². The molecular weight excluding hydrogens is 430 g/mol. The van der Waals surface area contributed by atoms with E-state index in [2.05, 4.69) is 5.32 Å². The lowest BCUT2D eigenvalue weighted by Crippen LogP contribution is -2.41. The molecule has 1 unspecified atom stereocenters. The number of phenols is 1. The minimum Gasteiger partial charge on any atom is -0.508 e. The fourth-order valence-corrected chi connectivity index (χ4v) is 4.76. The van der Waals surface area contributed by atoms with Crippen LogP contribution in [0.5, 0.6) is 5.75 Å². The number of hydrogen-bond acceptors (Lipinski definition) is 5. The van der Waals surface area contributed by atoms with Crippen molar-refractivity contribution >= 4 is 17.6 Å². The van der Waals surface area contributed by atoms with Crippen LogP contribution in [0.1, 0.15) is 53.7 Å². The molecule has 6 heteroatoms. The van der Waals surface area contributed by atoms with Crippen LogP contribution in [0.25, 0.3) is 0 Å². The number of hydrogen-bond donors (Lipinski definition) is 3. The molecule has 0 saturated heterocycles. The molecule has 0 fully saturated rings. The highest BCUT2D eigenvalue weighted by Gasteiger charge is 2.38. The number of fused-ring (bicyclic) bond motifs is 1. The Labute approximate surface area is 199 Å². The van der Waals surface area contributed by atoms with Crippen LogP contribution in [0.3, 0.4) is 0 Å². The Balaban J connectivity index is 1.56. The number of ether oxygens (including phenoxy) is 1. The first-order chi connectivity index (χ1) is 16.1. The van der Waals surface area contributed by atoms with Crippen LogP contribution in [0.15, 0.2) is 72.8 Å². The fraction of sp³-hybridized carbons (Fsp3) is 0.286. The summed E-state index contributed by atoms with van der Waals surface area (Å²) in [5, 5.41) is 24.5. The fourth-order valence-electron chi connectivity index (χ4n) is 4.76. The van der Waals surface area contributed by atoms with Gasteiger partial charge in [0.25, 0.3) is 0 Å². The van der Waals surface area contributed by atoms with Gasteiger partial charge in [-0.3, -0.25) is 4.79 Å². The number of rotatable bonds is 8. The van der Waals surface area contributed by atoms with Crippen molar-refractivity contribution in [3.05, 3.63) is 95.1 Å². The summed E-state index contributed by atoms with van der Waals surface area (Å²) in [5.74, 6) is -0.588. The van der Waals surface area contributed by atoms with Crippen molar-refractivity contribution in [3.63, 3.8) is 0 Å². The number of aliphatic hydroxyl groups is 1. The molecule has 34 heavy (non-hydrogen) atoms. The molecule has 0 radical (unpaired) electrons. The Morgan fingerprint density at radius 2 is 1.79 bits per heavy atom. The van der Waals surface area contributed by atoms with E-state index in [1.54, 1.807) is 36.4 Å². The van der Waals surface area contributed by atoms with Crippen molar-refractivity contribution in [2.75, 3.05) is 5.32 Å². The Bertz CT molecular complexity index is 1200. The van der Waals surface area contributed by atoms with Crippen molar-refractivity contribution in [1.82, 2.24) is 0 Å². The number of carbonyl (C=O) groups excluding carboxylic acids is 2. The third kappa shape index (κ3) is 5.46. The van der Waals surface area contributed by atoms with Crippen LogP contribution >= 0.6 is 0 Å². The van der Waals surface area contributed by atoms with E-state index < -0.39 is 11.0 Å². The summed E-state index contributed by atoms with van der Waals surface area (Å²) >= 11 is 0. The molecule has 3 aromatic carbocycles. The summed E-state index contributed by atoms with van der Waals surface area (Å²) in [4.78, 5) is 24.7. The van der Waals surface area contributed by atoms with Crippen LogP contribution in [-0.4, -0.2) is 27.7 Å². The molecule has 0 aromatic heterocycles. The van der Waals surface area contributed by atoms with Gasteiger partial charge in [0.05, 0.1) is 17.6 Å². The van der Waals surface area contributed by atoms with Gasteiger partial charge in [0.15, 0.2) is 0 Å². The van der Waals surface area contributed by atoms with Gasteiger partial charge in [0, 0.05) is 17.7 Å². The topological polar surface area (TPSA) is 95.9 Å². The number of nitrogens with one attached hydrogen (secondary N) is 1. The average Bonchev–Trinajstić information content (AvgIpc) is 3.13. The van der Waals surface area contributed by atoms with E-state index in [0.717, 1.165) is 16.7 Å². The maximum atomic E-state index is 13.1. The Morgan fingerprint density at radius 1 is 1.03 bits per heavy atom. The summed E-state index contributed by atoms with van der Waals surface area (Å²) in [7, 11) is 0. The summed E-state index contributed by atoms with van der Waals surface area (Å²) < 4.78 is 5.02. The van der Waals surface area contributed by atoms with Gasteiger partial charge in [-0.05, 0) is 53.3 Å². The first-order valence-electron chi connectivity index (χ1n) is 11.3. The summed E-state index contributed by atoms with van der Waals surface area (Å²) in [6.45, 7) is 4.28. The van der Waals surface area contributed by atoms with E-state index in [1.807, 2.05) is 50.2 Å². The lowest BCUT2D eigenvalue weighted by Gasteiger charge is -2.37. The third-order valence-corrected chi connectivity index (χ3v) is 6.23. The number of aromatic hydroxyl groups is 1. The van der Waals surface area contributed by atoms with Gasteiger partial charge < -0.3 is 20.3 Å². The number of carbonyl (C=O) groups is 2. The molecule has 0 saturated carbocycles. The molecule has 3 N–H and O–H groups in total. The van der Waals surface area contributed by atoms with E-state index in [0.29, 0.717) is 17.7 Å². The second-order valence-electron chi connectivity index (χ2n) is 9.67. The Kier molecular flexibility index (Phi) is 6.44. The second kappa shape index (κ2) is 9.31. The van der Waals surface area contributed by atoms with E-state index >= 15 is 0 Å². The smallest absolute Gasteiger partial charge is 0.338 e. The highest BCUT2D eigenvalue weighted by molar-refractivity contribution is 5.96. The molecule has 0 spiro atoms. The molecule has 176 valence electrons. The lowest BCUT2D eigenvalue weighted by molar-refractivity contribution is -0.121. The molecule has 6 nitrogen and oxygen atoms in total. The minimum absolute atomic E-state index is 0.113. The molecular formula is C28H29NO5. The normalized spacial score (nSPS) is 14.7. The molecule has 1 amide bonds. The number of phenolic OH excluding ortho intramolecular Hbond substituents is 1. The molecule has 1 atom stereocenters. The number of esters is 1. The van der Waals surface area contributed by atoms with Crippen molar-refractivity contribution in [1.29, 1.82) is 0 Å². The minimum atomic E-state index is -1.37. The molecule has 1 aliphatic rings. The van der Waals surface area contributed by atoms with Gasteiger partial charge in [-0.15, -0.1) is 0 Å². The molecule has 1 aliphatic heterocycles. The van der Waals surface area contributed by atoms with E-state index in [1.165, 1.54) is 0 Å². The number of cyclic esters (lactones) is 1. The molecule has 1 heterocycles. The number of benzene rings is 3. The van der Waals surface area contributed by atoms with Crippen molar-refractivity contribution < 1.29 is 24.5 Å². The predicted molar refractivity (Wildman–Crippen MR) is 130 cm³/mol. The van der Waals surface area contributed by atoms with Gasteiger partial charge in [-0.25, -0.2) is 4.79 Å². The van der Waals surface area contributed by atoms with E-state index in [4.69, 9.17) is 4.74 Å². The average molecular weight is 460 g/mol. The quantitative estimate of drug-likeness (QED) is 0.423. The molecule has 0 bridgehead atoms. The van der Waals surface area contributed by atoms with Crippen LogP contribution in [0.4, 0.5) is 5.69 Å². The highest BCUT2D eigenvalue weighted by atomic mass is 16.5. The van der Waals surface area contributed by atoms with Crippen LogP contribution in [-0.2, 0) is 28.0 Å². The lowest BCUT2D eigenvalue weighted by atomic mass is 9.72. The zero-order valence-corrected chi connectivity index (χ0v) is 19.4. The largest absolute Gasteiger partial charge is 0.508 e. The van der Waals surface area contributed by atoms with Gasteiger partial charge in [-0.1, -0.05) is 56.3 Å². The van der Waals surface area contributed by atoms with Gasteiger partial charge in [0.1, 0.15) is 12.4 Å². The first-order valence-corrected chi connectivity index (χ1v) is 11.3. The van der Waals surface area contributed by atoms with Crippen molar-refractivity contribution in [2.24, 2.45) is 0 Å². The molecule has 0 aliphatic carbocycles. The van der Waals surface area contributed by atoms with Gasteiger partial charge >= 0.3 is 5.97 Å².